The summed E-state index contributed by atoms with van der Waals surface area (Å²) in [7, 11) is 0. The van der Waals surface area contributed by atoms with Crippen molar-refractivity contribution in [3.8, 4) is 0 Å². The maximum atomic E-state index is 12.4. The van der Waals surface area contributed by atoms with Crippen LogP contribution < -0.4 is 0 Å². The van der Waals surface area contributed by atoms with Gasteiger partial charge in [0.2, 0.25) is 6.10 Å². The smallest absolute Gasteiger partial charge is 0.351 e. The van der Waals surface area contributed by atoms with Crippen LogP contribution in [0.5, 0.6) is 0 Å². The van der Waals surface area contributed by atoms with Crippen LogP contribution in [-0.4, -0.2) is 24.4 Å². The number of oxime groups is 1. The molecule has 2 atom stereocenters. The first-order chi connectivity index (χ1) is 12.0. The molecule has 1 aliphatic rings. The van der Waals surface area contributed by atoms with E-state index in [1.54, 1.807) is 6.92 Å². The number of benzene rings is 2. The van der Waals surface area contributed by atoms with E-state index in [9.17, 15) is 4.79 Å². The van der Waals surface area contributed by atoms with Crippen molar-refractivity contribution in [1.29, 1.82) is 0 Å². The molecule has 3 rings (SSSR count). The molecular weight excluding hydrogens is 314 g/mol. The van der Waals surface area contributed by atoms with Crippen LogP contribution in [0.3, 0.4) is 0 Å². The van der Waals surface area contributed by atoms with Gasteiger partial charge in [-0.15, -0.1) is 0 Å². The van der Waals surface area contributed by atoms with E-state index in [1.165, 1.54) is 5.56 Å². The van der Waals surface area contributed by atoms with Crippen LogP contribution in [0.4, 0.5) is 0 Å². The van der Waals surface area contributed by atoms with Gasteiger partial charge in [0.15, 0.2) is 0 Å². The van der Waals surface area contributed by atoms with Crippen LogP contribution in [0.1, 0.15) is 40.7 Å². The van der Waals surface area contributed by atoms with Crippen molar-refractivity contribution < 1.29 is 14.4 Å². The lowest BCUT2D eigenvalue weighted by Crippen LogP contribution is -2.32. The van der Waals surface area contributed by atoms with Gasteiger partial charge in [-0.1, -0.05) is 53.2 Å². The fourth-order valence-corrected chi connectivity index (χ4v) is 3.56. The number of ether oxygens (including phenoxy) is 1. The third kappa shape index (κ3) is 3.29. The molecule has 1 aliphatic heterocycles. The Morgan fingerprint density at radius 3 is 2.36 bits per heavy atom. The summed E-state index contributed by atoms with van der Waals surface area (Å²) in [4.78, 5) is 18.0. The summed E-state index contributed by atoms with van der Waals surface area (Å²) in [5, 5.41) is 4.32. The monoisotopic (exact) mass is 337 g/mol. The third-order valence-electron chi connectivity index (χ3n) is 4.47. The van der Waals surface area contributed by atoms with Crippen LogP contribution in [0.2, 0.25) is 0 Å². The molecule has 130 valence electrons. The average Bonchev–Trinajstić information content (AvgIpc) is 2.99. The maximum absolute atomic E-state index is 12.4. The third-order valence-corrected chi connectivity index (χ3v) is 4.47. The molecule has 2 aromatic rings. The van der Waals surface area contributed by atoms with Gasteiger partial charge in [-0.2, -0.15) is 0 Å². The fraction of sp³-hybridized carbons (Fsp3) is 0.333. The predicted octanol–water partition coefficient (Wildman–Crippen LogP) is 4.06. The summed E-state index contributed by atoms with van der Waals surface area (Å²) in [5.41, 5.74) is 6.30. The molecule has 0 spiro atoms. The van der Waals surface area contributed by atoms with Crippen LogP contribution in [0, 0.1) is 20.8 Å². The minimum Gasteiger partial charge on any atom is -0.463 e. The molecule has 0 fully saturated rings. The summed E-state index contributed by atoms with van der Waals surface area (Å²) in [6, 6.07) is 14.1. The number of nitrogens with zero attached hydrogens (tertiary/aromatic N) is 1. The highest BCUT2D eigenvalue weighted by Gasteiger charge is 2.42. The Labute approximate surface area is 148 Å². The lowest BCUT2D eigenvalue weighted by atomic mass is 9.83. The largest absolute Gasteiger partial charge is 0.463 e. The Balaban J connectivity index is 2.08. The van der Waals surface area contributed by atoms with Crippen molar-refractivity contribution in [1.82, 2.24) is 0 Å². The first-order valence-electron chi connectivity index (χ1n) is 8.56. The molecule has 0 aromatic heterocycles. The summed E-state index contributed by atoms with van der Waals surface area (Å²) in [6.07, 6.45) is -0.752. The summed E-state index contributed by atoms with van der Waals surface area (Å²) in [5.74, 6) is -0.655. The summed E-state index contributed by atoms with van der Waals surface area (Å²) < 4.78 is 5.20. The maximum Gasteiger partial charge on any atom is 0.351 e. The van der Waals surface area contributed by atoms with Crippen LogP contribution in [0.25, 0.3) is 0 Å². The Morgan fingerprint density at radius 2 is 1.76 bits per heavy atom. The normalized spacial score (nSPS) is 19.3. The highest BCUT2D eigenvalue weighted by atomic mass is 16.7. The lowest BCUT2D eigenvalue weighted by molar-refractivity contribution is -0.155. The van der Waals surface area contributed by atoms with Crippen molar-refractivity contribution in [2.75, 3.05) is 6.61 Å². The second kappa shape index (κ2) is 7.09. The second-order valence-corrected chi connectivity index (χ2v) is 6.42. The molecule has 0 unspecified atom stereocenters. The van der Waals surface area contributed by atoms with Gasteiger partial charge in [0.25, 0.3) is 0 Å². The van der Waals surface area contributed by atoms with E-state index in [0.717, 1.165) is 28.0 Å². The Hall–Kier alpha value is -2.62. The van der Waals surface area contributed by atoms with E-state index in [0.29, 0.717) is 6.61 Å². The standard InChI is InChI=1S/C21H23NO3/c1-5-24-21(23)20-18(16-9-7-6-8-10-16)19(22-25-20)17-14(3)11-13(2)12-15(17)4/h6-12,18,20H,5H2,1-4H3/t18-,20-/m1/s1. The SMILES string of the molecule is CCOC(=O)[C@@H]1ON=C(c2c(C)cc(C)cc2C)[C@H]1c1ccccc1. The molecule has 2 aromatic carbocycles. The number of rotatable bonds is 4. The second-order valence-electron chi connectivity index (χ2n) is 6.42. The zero-order chi connectivity index (χ0) is 18.0. The topological polar surface area (TPSA) is 47.9 Å². The van der Waals surface area contributed by atoms with Crippen LogP contribution in [-0.2, 0) is 14.4 Å². The zero-order valence-corrected chi connectivity index (χ0v) is 15.1. The quantitative estimate of drug-likeness (QED) is 0.791. The van der Waals surface area contributed by atoms with Crippen LogP contribution >= 0.6 is 0 Å². The van der Waals surface area contributed by atoms with Gasteiger partial charge < -0.3 is 9.57 Å². The van der Waals surface area contributed by atoms with E-state index >= 15 is 0 Å². The first kappa shape index (κ1) is 17.2. The number of aryl methyl sites for hydroxylation is 3. The van der Waals surface area contributed by atoms with Crippen molar-refractivity contribution in [3.05, 3.63) is 70.3 Å². The molecule has 0 bridgehead atoms. The summed E-state index contributed by atoms with van der Waals surface area (Å²) in [6.45, 7) is 8.32. The summed E-state index contributed by atoms with van der Waals surface area (Å²) >= 11 is 0. The molecule has 0 aliphatic carbocycles. The Kier molecular flexibility index (Phi) is 4.88. The van der Waals surface area contributed by atoms with Gasteiger partial charge in [-0.3, -0.25) is 0 Å². The average molecular weight is 337 g/mol. The number of esters is 1. The van der Waals surface area contributed by atoms with E-state index < -0.39 is 6.10 Å². The first-order valence-corrected chi connectivity index (χ1v) is 8.56. The van der Waals surface area contributed by atoms with E-state index in [-0.39, 0.29) is 11.9 Å². The molecule has 0 saturated carbocycles. The lowest BCUT2D eigenvalue weighted by Gasteiger charge is -2.20. The van der Waals surface area contributed by atoms with E-state index in [1.807, 2.05) is 30.3 Å². The minimum atomic E-state index is -0.752. The van der Waals surface area contributed by atoms with Gasteiger partial charge in [0.05, 0.1) is 18.2 Å². The Bertz CT molecular complexity index is 788. The molecule has 0 amide bonds. The van der Waals surface area contributed by atoms with Gasteiger partial charge in [0, 0.05) is 5.56 Å². The van der Waals surface area contributed by atoms with Crippen molar-refractivity contribution in [2.24, 2.45) is 5.16 Å². The number of hydrogen-bond acceptors (Lipinski definition) is 4. The van der Waals surface area contributed by atoms with E-state index in [4.69, 9.17) is 9.57 Å². The fourth-order valence-electron chi connectivity index (χ4n) is 3.56. The van der Waals surface area contributed by atoms with Crippen molar-refractivity contribution in [3.63, 3.8) is 0 Å². The minimum absolute atomic E-state index is 0.277. The zero-order valence-electron chi connectivity index (χ0n) is 15.1. The highest BCUT2D eigenvalue weighted by molar-refractivity contribution is 6.10. The molecule has 0 N–H and O–H groups in total. The van der Waals surface area contributed by atoms with Crippen molar-refractivity contribution in [2.45, 2.75) is 39.7 Å². The van der Waals surface area contributed by atoms with Crippen molar-refractivity contribution >= 4 is 11.7 Å². The molecule has 0 saturated heterocycles. The molecule has 25 heavy (non-hydrogen) atoms. The molecular formula is C21H23NO3. The molecule has 0 radical (unpaired) electrons. The number of carbonyl (C=O) groups excluding carboxylic acids is 1. The number of carbonyl (C=O) groups is 1. The van der Waals surface area contributed by atoms with E-state index in [2.05, 4.69) is 38.1 Å². The molecule has 1 heterocycles. The molecule has 4 nitrogen and oxygen atoms in total. The van der Waals surface area contributed by atoms with Gasteiger partial charge in [-0.25, -0.2) is 4.79 Å². The van der Waals surface area contributed by atoms with Gasteiger partial charge >= 0.3 is 5.97 Å². The Morgan fingerprint density at radius 1 is 1.12 bits per heavy atom. The molecule has 4 heteroatoms. The predicted molar refractivity (Wildman–Crippen MR) is 97.9 cm³/mol. The van der Waals surface area contributed by atoms with Crippen LogP contribution in [0.15, 0.2) is 47.6 Å². The van der Waals surface area contributed by atoms with Gasteiger partial charge in [0.1, 0.15) is 0 Å². The number of hydrogen-bond donors (Lipinski definition) is 0. The highest BCUT2D eigenvalue weighted by Crippen LogP contribution is 2.35. The van der Waals surface area contributed by atoms with Gasteiger partial charge in [-0.05, 0) is 44.4 Å².